The van der Waals surface area contributed by atoms with Crippen LogP contribution in [0.2, 0.25) is 0 Å². The predicted octanol–water partition coefficient (Wildman–Crippen LogP) is 1.53. The first-order valence-corrected chi connectivity index (χ1v) is 9.40. The molecular formula is C16H19N5O3S. The first kappa shape index (κ1) is 17.2. The average molecular weight is 361 g/mol. The number of amidine groups is 1. The van der Waals surface area contributed by atoms with Crippen LogP contribution in [0.15, 0.2) is 46.4 Å². The van der Waals surface area contributed by atoms with Gasteiger partial charge in [-0.2, -0.15) is 5.10 Å². The molecule has 8 nitrogen and oxygen atoms in total. The van der Waals surface area contributed by atoms with Crippen molar-refractivity contribution < 1.29 is 13.2 Å². The Morgan fingerprint density at radius 3 is 2.88 bits per heavy atom. The maximum atomic E-state index is 12.2. The molecule has 0 saturated heterocycles. The first-order valence-electron chi connectivity index (χ1n) is 7.92. The Labute approximate surface area is 146 Å². The maximum absolute atomic E-state index is 12.2. The fourth-order valence-corrected chi connectivity index (χ4v) is 3.77. The molecule has 2 N–H and O–H groups in total. The second-order valence-corrected chi connectivity index (χ2v) is 7.38. The SMILES string of the molecule is CCC(C)n1nccc1NC(=O)CN=C1NS(=O)(=O)c2ccccc21. The summed E-state index contributed by atoms with van der Waals surface area (Å²) in [5.74, 6) is 0.425. The van der Waals surface area contributed by atoms with Crippen LogP contribution >= 0.6 is 0 Å². The van der Waals surface area contributed by atoms with Gasteiger partial charge in [0.25, 0.3) is 10.0 Å². The van der Waals surface area contributed by atoms with Crippen LogP contribution < -0.4 is 10.0 Å². The van der Waals surface area contributed by atoms with Crippen molar-refractivity contribution in [1.29, 1.82) is 0 Å². The number of amides is 1. The van der Waals surface area contributed by atoms with E-state index in [9.17, 15) is 13.2 Å². The summed E-state index contributed by atoms with van der Waals surface area (Å²) in [7, 11) is -3.60. The van der Waals surface area contributed by atoms with Gasteiger partial charge in [-0.3, -0.25) is 14.5 Å². The van der Waals surface area contributed by atoms with E-state index in [2.05, 4.69) is 20.1 Å². The monoisotopic (exact) mass is 361 g/mol. The highest BCUT2D eigenvalue weighted by Crippen LogP contribution is 2.22. The topological polar surface area (TPSA) is 105 Å². The summed E-state index contributed by atoms with van der Waals surface area (Å²) < 4.78 is 28.1. The third-order valence-corrected chi connectivity index (χ3v) is 5.39. The van der Waals surface area contributed by atoms with Crippen LogP contribution in [0, 0.1) is 0 Å². The predicted molar refractivity (Wildman–Crippen MR) is 94.0 cm³/mol. The Morgan fingerprint density at radius 2 is 2.12 bits per heavy atom. The van der Waals surface area contributed by atoms with Gasteiger partial charge in [-0.25, -0.2) is 13.1 Å². The number of nitrogens with zero attached hydrogens (tertiary/aromatic N) is 3. The van der Waals surface area contributed by atoms with Crippen molar-refractivity contribution in [2.45, 2.75) is 31.2 Å². The van der Waals surface area contributed by atoms with Crippen LogP contribution in [0.25, 0.3) is 0 Å². The molecule has 2 aromatic rings. The van der Waals surface area contributed by atoms with Crippen LogP contribution in [-0.4, -0.2) is 36.5 Å². The standard InChI is InChI=1S/C16H19N5O3S/c1-3-11(2)21-14(8-9-18-21)19-15(22)10-17-16-12-6-4-5-7-13(12)25(23,24)20-16/h4-9,11H,3,10H2,1-2H3,(H,17,20)(H,19,22). The van der Waals surface area contributed by atoms with Crippen LogP contribution in [0.3, 0.4) is 0 Å². The molecule has 1 aliphatic rings. The van der Waals surface area contributed by atoms with Crippen molar-refractivity contribution in [1.82, 2.24) is 14.5 Å². The largest absolute Gasteiger partial charge is 0.309 e. The normalized spacial score (nSPS) is 17.8. The fraction of sp³-hybridized carbons (Fsp3) is 0.312. The van der Waals surface area contributed by atoms with Gasteiger partial charge in [0.1, 0.15) is 18.2 Å². The van der Waals surface area contributed by atoms with Crippen molar-refractivity contribution in [2.75, 3.05) is 11.9 Å². The lowest BCUT2D eigenvalue weighted by molar-refractivity contribution is -0.114. The molecule has 1 unspecified atom stereocenters. The minimum absolute atomic E-state index is 0.158. The van der Waals surface area contributed by atoms with E-state index in [1.54, 1.807) is 35.1 Å². The van der Waals surface area contributed by atoms with Gasteiger partial charge in [-0.1, -0.05) is 19.1 Å². The molecular weight excluding hydrogens is 342 g/mol. The van der Waals surface area contributed by atoms with Crippen molar-refractivity contribution >= 4 is 27.6 Å². The lowest BCUT2D eigenvalue weighted by atomic mass is 10.2. The highest BCUT2D eigenvalue weighted by Gasteiger charge is 2.30. The smallest absolute Gasteiger partial charge is 0.263 e. The molecule has 0 radical (unpaired) electrons. The molecule has 9 heteroatoms. The molecule has 0 aliphatic carbocycles. The fourth-order valence-electron chi connectivity index (χ4n) is 2.52. The number of carbonyl (C=O) groups excluding carboxylic acids is 1. The number of aliphatic imine (C=N–C) groups is 1. The minimum atomic E-state index is -3.60. The van der Waals surface area contributed by atoms with Crippen molar-refractivity contribution in [3.63, 3.8) is 0 Å². The van der Waals surface area contributed by atoms with E-state index < -0.39 is 10.0 Å². The summed E-state index contributed by atoms with van der Waals surface area (Å²) in [6, 6.07) is 8.40. The highest BCUT2D eigenvalue weighted by atomic mass is 32.2. The second-order valence-electron chi connectivity index (χ2n) is 5.73. The molecule has 1 aromatic heterocycles. The molecule has 1 aromatic carbocycles. The quantitative estimate of drug-likeness (QED) is 0.842. The van der Waals surface area contributed by atoms with Gasteiger partial charge >= 0.3 is 0 Å². The number of sulfonamides is 1. The van der Waals surface area contributed by atoms with E-state index in [1.165, 1.54) is 6.07 Å². The molecule has 2 heterocycles. The average Bonchev–Trinajstić information content (AvgIpc) is 3.15. The third kappa shape index (κ3) is 3.41. The van der Waals surface area contributed by atoms with Crippen LogP contribution in [0.4, 0.5) is 5.82 Å². The number of hydrogen-bond acceptors (Lipinski definition) is 5. The molecule has 0 saturated carbocycles. The summed E-state index contributed by atoms with van der Waals surface area (Å²) in [4.78, 5) is 16.5. The Morgan fingerprint density at radius 1 is 1.36 bits per heavy atom. The highest BCUT2D eigenvalue weighted by molar-refractivity contribution is 7.90. The Balaban J connectivity index is 1.73. The van der Waals surface area contributed by atoms with E-state index in [1.807, 2.05) is 13.8 Å². The zero-order valence-electron chi connectivity index (χ0n) is 13.9. The molecule has 0 fully saturated rings. The second kappa shape index (κ2) is 6.67. The Bertz CT molecular complexity index is 933. The Hall–Kier alpha value is -2.68. The lowest BCUT2D eigenvalue weighted by Crippen LogP contribution is -2.25. The number of rotatable bonds is 5. The molecule has 0 spiro atoms. The van der Waals surface area contributed by atoms with Crippen molar-refractivity contribution in [2.24, 2.45) is 4.99 Å². The summed E-state index contributed by atoms with van der Waals surface area (Å²) >= 11 is 0. The van der Waals surface area contributed by atoms with Crippen LogP contribution in [0.5, 0.6) is 0 Å². The molecule has 3 rings (SSSR count). The van der Waals surface area contributed by atoms with E-state index in [-0.39, 0.29) is 29.2 Å². The number of fused-ring (bicyclic) bond motifs is 1. The minimum Gasteiger partial charge on any atom is -0.309 e. The molecule has 1 aliphatic heterocycles. The van der Waals surface area contributed by atoms with E-state index in [0.717, 1.165) is 6.42 Å². The van der Waals surface area contributed by atoms with Crippen molar-refractivity contribution in [3.8, 4) is 0 Å². The van der Waals surface area contributed by atoms with Gasteiger partial charge < -0.3 is 5.32 Å². The summed E-state index contributed by atoms with van der Waals surface area (Å²) in [5, 5.41) is 6.95. The molecule has 1 atom stereocenters. The number of aromatic nitrogens is 2. The molecule has 25 heavy (non-hydrogen) atoms. The number of hydrogen-bond donors (Lipinski definition) is 2. The van der Waals surface area contributed by atoms with Gasteiger partial charge in [0.15, 0.2) is 0 Å². The number of nitrogens with one attached hydrogen (secondary N) is 2. The number of carbonyl (C=O) groups is 1. The van der Waals surface area contributed by atoms with Gasteiger partial charge in [0, 0.05) is 11.6 Å². The number of benzene rings is 1. The van der Waals surface area contributed by atoms with Gasteiger partial charge in [-0.05, 0) is 25.5 Å². The third-order valence-electron chi connectivity index (χ3n) is 3.99. The zero-order chi connectivity index (χ0) is 18.0. The number of anilines is 1. The Kier molecular flexibility index (Phi) is 4.58. The van der Waals surface area contributed by atoms with Crippen LogP contribution in [-0.2, 0) is 14.8 Å². The van der Waals surface area contributed by atoms with E-state index >= 15 is 0 Å². The molecule has 0 bridgehead atoms. The van der Waals surface area contributed by atoms with Crippen molar-refractivity contribution in [3.05, 3.63) is 42.1 Å². The van der Waals surface area contributed by atoms with E-state index in [0.29, 0.717) is 11.4 Å². The molecule has 132 valence electrons. The van der Waals surface area contributed by atoms with Gasteiger partial charge in [0.2, 0.25) is 5.91 Å². The first-order chi connectivity index (χ1) is 11.9. The zero-order valence-corrected chi connectivity index (χ0v) is 14.7. The van der Waals surface area contributed by atoms with Gasteiger partial charge in [0.05, 0.1) is 17.1 Å². The summed E-state index contributed by atoms with van der Waals surface area (Å²) in [6.07, 6.45) is 2.50. The van der Waals surface area contributed by atoms with Crippen LogP contribution in [0.1, 0.15) is 31.9 Å². The van der Waals surface area contributed by atoms with E-state index in [4.69, 9.17) is 0 Å². The lowest BCUT2D eigenvalue weighted by Gasteiger charge is -2.13. The van der Waals surface area contributed by atoms with Gasteiger partial charge in [-0.15, -0.1) is 0 Å². The summed E-state index contributed by atoms with van der Waals surface area (Å²) in [6.45, 7) is 3.85. The molecule has 1 amide bonds. The maximum Gasteiger partial charge on any atom is 0.263 e. The summed E-state index contributed by atoms with van der Waals surface area (Å²) in [5.41, 5.74) is 0.472.